The van der Waals surface area contributed by atoms with E-state index in [1.54, 1.807) is 0 Å². The molecule has 1 aliphatic rings. The predicted octanol–water partition coefficient (Wildman–Crippen LogP) is 3.38. The number of hydrogen-bond donors (Lipinski definition) is 1. The Labute approximate surface area is 127 Å². The summed E-state index contributed by atoms with van der Waals surface area (Å²) in [5.74, 6) is 1.86. The topological polar surface area (TPSA) is 59.5 Å². The molecular formula is C17H28N2O2. The molecule has 2 rings (SSSR count). The zero-order chi connectivity index (χ0) is 15.5. The van der Waals surface area contributed by atoms with Crippen molar-refractivity contribution in [2.75, 3.05) is 0 Å². The summed E-state index contributed by atoms with van der Waals surface area (Å²) in [4.78, 5) is 14.6. The molecule has 0 unspecified atom stereocenters. The summed E-state index contributed by atoms with van der Waals surface area (Å²) in [5.41, 5.74) is 6.12. The molecule has 2 N–H and O–H groups in total. The molecule has 0 aliphatic heterocycles. The molecule has 1 aromatic heterocycles. The van der Waals surface area contributed by atoms with Gasteiger partial charge in [-0.25, -0.2) is 0 Å². The number of hydrogen-bond acceptors (Lipinski definition) is 3. The molecule has 0 spiro atoms. The third-order valence-corrected chi connectivity index (χ3v) is 4.42. The maximum atomic E-state index is 12.7. The fraction of sp³-hybridized carbons (Fsp3) is 0.706. The average molecular weight is 292 g/mol. The van der Waals surface area contributed by atoms with Crippen molar-refractivity contribution in [3.8, 4) is 0 Å². The van der Waals surface area contributed by atoms with Gasteiger partial charge < -0.3 is 15.1 Å². The van der Waals surface area contributed by atoms with Crippen LogP contribution in [0.3, 0.4) is 0 Å². The maximum Gasteiger partial charge on any atom is 0.225 e. The van der Waals surface area contributed by atoms with Crippen LogP contribution in [-0.4, -0.2) is 22.4 Å². The Morgan fingerprint density at radius 1 is 1.33 bits per heavy atom. The first-order chi connectivity index (χ1) is 9.89. The van der Waals surface area contributed by atoms with Gasteiger partial charge in [-0.15, -0.1) is 0 Å². The minimum Gasteiger partial charge on any atom is -0.464 e. The van der Waals surface area contributed by atoms with Crippen LogP contribution in [-0.2, 0) is 11.3 Å². The van der Waals surface area contributed by atoms with E-state index in [1.165, 1.54) is 6.42 Å². The molecule has 1 aromatic rings. The third-order valence-electron chi connectivity index (χ3n) is 4.42. The van der Waals surface area contributed by atoms with E-state index in [9.17, 15) is 4.79 Å². The van der Waals surface area contributed by atoms with E-state index in [0.717, 1.165) is 37.2 Å². The molecular weight excluding hydrogens is 264 g/mol. The Morgan fingerprint density at radius 2 is 2.00 bits per heavy atom. The van der Waals surface area contributed by atoms with Crippen molar-refractivity contribution in [1.82, 2.24) is 4.90 Å². The largest absolute Gasteiger partial charge is 0.464 e. The van der Waals surface area contributed by atoms with Crippen molar-refractivity contribution in [3.05, 3.63) is 23.7 Å². The quantitative estimate of drug-likeness (QED) is 0.905. The lowest BCUT2D eigenvalue weighted by molar-refractivity contribution is -0.135. The van der Waals surface area contributed by atoms with Gasteiger partial charge in [-0.05, 0) is 45.7 Å². The smallest absolute Gasteiger partial charge is 0.225 e. The summed E-state index contributed by atoms with van der Waals surface area (Å²) >= 11 is 0. The summed E-state index contributed by atoms with van der Waals surface area (Å²) in [5, 5.41) is 0. The molecule has 0 aromatic carbocycles. The summed E-state index contributed by atoms with van der Waals surface area (Å²) in [6.07, 6.45) is 5.90. The molecule has 118 valence electrons. The monoisotopic (exact) mass is 292 g/mol. The first-order valence-corrected chi connectivity index (χ1v) is 8.03. The van der Waals surface area contributed by atoms with Crippen LogP contribution in [0.1, 0.15) is 63.9 Å². The maximum absolute atomic E-state index is 12.7. The van der Waals surface area contributed by atoms with Gasteiger partial charge in [0.1, 0.15) is 11.5 Å². The SMILES string of the molecule is Cc1ccc(CN(C(=O)CC2(N)CCCCC2)C(C)C)o1. The van der Waals surface area contributed by atoms with Crippen molar-refractivity contribution in [3.63, 3.8) is 0 Å². The Morgan fingerprint density at radius 3 is 2.52 bits per heavy atom. The van der Waals surface area contributed by atoms with Gasteiger partial charge in [0.2, 0.25) is 5.91 Å². The number of rotatable bonds is 5. The summed E-state index contributed by atoms with van der Waals surface area (Å²) < 4.78 is 5.60. The minimum atomic E-state index is -0.304. The second-order valence-corrected chi connectivity index (χ2v) is 6.73. The Balaban J connectivity index is 2.01. The molecule has 1 amide bonds. The second kappa shape index (κ2) is 6.65. The normalized spacial score (nSPS) is 18.0. The van der Waals surface area contributed by atoms with Gasteiger partial charge in [-0.1, -0.05) is 19.3 Å². The number of carbonyl (C=O) groups is 1. The Kier molecular flexibility index (Phi) is 5.09. The van der Waals surface area contributed by atoms with Crippen LogP contribution in [0, 0.1) is 6.92 Å². The van der Waals surface area contributed by atoms with Crippen LogP contribution in [0.15, 0.2) is 16.5 Å². The van der Waals surface area contributed by atoms with Crippen LogP contribution in [0.25, 0.3) is 0 Å². The van der Waals surface area contributed by atoms with Crippen LogP contribution >= 0.6 is 0 Å². The van der Waals surface area contributed by atoms with Crippen molar-refractivity contribution in [2.24, 2.45) is 5.73 Å². The first-order valence-electron chi connectivity index (χ1n) is 8.03. The molecule has 0 saturated heterocycles. The van der Waals surface area contributed by atoms with E-state index in [-0.39, 0.29) is 17.5 Å². The number of aryl methyl sites for hydroxylation is 1. The highest BCUT2D eigenvalue weighted by molar-refractivity contribution is 5.77. The van der Waals surface area contributed by atoms with Gasteiger partial charge in [0.25, 0.3) is 0 Å². The summed E-state index contributed by atoms with van der Waals surface area (Å²) in [6, 6.07) is 4.02. The number of nitrogens with two attached hydrogens (primary N) is 1. The van der Waals surface area contributed by atoms with Crippen molar-refractivity contribution in [2.45, 2.75) is 77.4 Å². The highest BCUT2D eigenvalue weighted by atomic mass is 16.3. The summed E-state index contributed by atoms with van der Waals surface area (Å²) in [6.45, 7) is 6.53. The molecule has 1 fully saturated rings. The van der Waals surface area contributed by atoms with E-state index >= 15 is 0 Å². The van der Waals surface area contributed by atoms with E-state index in [0.29, 0.717) is 13.0 Å². The van der Waals surface area contributed by atoms with Crippen LogP contribution in [0.2, 0.25) is 0 Å². The van der Waals surface area contributed by atoms with Crippen molar-refractivity contribution < 1.29 is 9.21 Å². The second-order valence-electron chi connectivity index (χ2n) is 6.73. The minimum absolute atomic E-state index is 0.142. The highest BCUT2D eigenvalue weighted by Crippen LogP contribution is 2.29. The van der Waals surface area contributed by atoms with E-state index in [4.69, 9.17) is 10.2 Å². The molecule has 1 saturated carbocycles. The molecule has 4 nitrogen and oxygen atoms in total. The lowest BCUT2D eigenvalue weighted by Crippen LogP contribution is -2.48. The molecule has 0 bridgehead atoms. The standard InChI is InChI=1S/C17H28N2O2/c1-13(2)19(12-15-8-7-14(3)21-15)16(20)11-17(18)9-5-4-6-10-17/h7-8,13H,4-6,9-12,18H2,1-3H3. The lowest BCUT2D eigenvalue weighted by atomic mass is 9.80. The van der Waals surface area contributed by atoms with E-state index in [1.807, 2.05) is 37.8 Å². The molecule has 21 heavy (non-hydrogen) atoms. The van der Waals surface area contributed by atoms with Crippen molar-refractivity contribution >= 4 is 5.91 Å². The van der Waals surface area contributed by atoms with Gasteiger partial charge >= 0.3 is 0 Å². The van der Waals surface area contributed by atoms with Crippen LogP contribution in [0.5, 0.6) is 0 Å². The van der Waals surface area contributed by atoms with Gasteiger partial charge in [-0.2, -0.15) is 0 Å². The fourth-order valence-electron chi connectivity index (χ4n) is 3.13. The van der Waals surface area contributed by atoms with E-state index in [2.05, 4.69) is 0 Å². The van der Waals surface area contributed by atoms with Crippen LogP contribution < -0.4 is 5.73 Å². The number of furan rings is 1. The number of nitrogens with zero attached hydrogens (tertiary/aromatic N) is 1. The molecule has 0 atom stereocenters. The molecule has 1 heterocycles. The van der Waals surface area contributed by atoms with E-state index < -0.39 is 0 Å². The van der Waals surface area contributed by atoms with Crippen molar-refractivity contribution in [1.29, 1.82) is 0 Å². The van der Waals surface area contributed by atoms with Gasteiger partial charge in [0.15, 0.2) is 0 Å². The lowest BCUT2D eigenvalue weighted by Gasteiger charge is -2.35. The Hall–Kier alpha value is -1.29. The average Bonchev–Trinajstić information content (AvgIpc) is 2.81. The van der Waals surface area contributed by atoms with Crippen LogP contribution in [0.4, 0.5) is 0 Å². The highest BCUT2D eigenvalue weighted by Gasteiger charge is 2.32. The van der Waals surface area contributed by atoms with Gasteiger partial charge in [0, 0.05) is 18.0 Å². The Bertz CT molecular complexity index is 473. The molecule has 1 aliphatic carbocycles. The van der Waals surface area contributed by atoms with Gasteiger partial charge in [-0.3, -0.25) is 4.79 Å². The molecule has 0 radical (unpaired) electrons. The summed E-state index contributed by atoms with van der Waals surface area (Å²) in [7, 11) is 0. The van der Waals surface area contributed by atoms with Gasteiger partial charge in [0.05, 0.1) is 6.54 Å². The predicted molar refractivity (Wildman–Crippen MR) is 83.8 cm³/mol. The first kappa shape index (κ1) is 16.1. The fourth-order valence-corrected chi connectivity index (χ4v) is 3.13. The number of carbonyl (C=O) groups excluding carboxylic acids is 1. The zero-order valence-electron chi connectivity index (χ0n) is 13.5. The zero-order valence-corrected chi connectivity index (χ0v) is 13.5. The molecule has 4 heteroatoms. The third kappa shape index (κ3) is 4.34. The number of amides is 1.